The zero-order valence-electron chi connectivity index (χ0n) is 11.0. The summed E-state index contributed by atoms with van der Waals surface area (Å²) in [6.07, 6.45) is 4.31. The lowest BCUT2D eigenvalue weighted by molar-refractivity contribution is -0.0343. The molecule has 0 spiro atoms. The molecule has 3 nitrogen and oxygen atoms in total. The Labute approximate surface area is 108 Å². The van der Waals surface area contributed by atoms with Gasteiger partial charge in [-0.15, -0.1) is 0 Å². The first-order valence-corrected chi connectivity index (χ1v) is 6.89. The number of fused-ring (bicyclic) bond motifs is 1. The number of hydrogen-bond donors (Lipinski definition) is 1. The van der Waals surface area contributed by atoms with Gasteiger partial charge in [-0.1, -0.05) is 0 Å². The van der Waals surface area contributed by atoms with E-state index in [2.05, 4.69) is 30.4 Å². The number of benzene rings is 1. The Morgan fingerprint density at radius 1 is 1.28 bits per heavy atom. The molecule has 0 amide bonds. The van der Waals surface area contributed by atoms with Gasteiger partial charge >= 0.3 is 0 Å². The van der Waals surface area contributed by atoms with Crippen LogP contribution in [0.3, 0.4) is 0 Å². The summed E-state index contributed by atoms with van der Waals surface area (Å²) in [7, 11) is 0. The summed E-state index contributed by atoms with van der Waals surface area (Å²) in [5.41, 5.74) is 2.59. The Hall–Kier alpha value is -1.22. The third-order valence-electron chi connectivity index (χ3n) is 3.93. The first-order valence-electron chi connectivity index (χ1n) is 6.89. The summed E-state index contributed by atoms with van der Waals surface area (Å²) in [4.78, 5) is 0. The summed E-state index contributed by atoms with van der Waals surface area (Å²) in [6.45, 7) is 4.89. The van der Waals surface area contributed by atoms with Crippen molar-refractivity contribution in [2.24, 2.45) is 0 Å². The van der Waals surface area contributed by atoms with Gasteiger partial charge in [0.25, 0.3) is 0 Å². The van der Waals surface area contributed by atoms with Gasteiger partial charge in [0.2, 0.25) is 0 Å². The van der Waals surface area contributed by atoms with Gasteiger partial charge in [-0.05, 0) is 43.5 Å². The van der Waals surface area contributed by atoms with Crippen molar-refractivity contribution in [2.45, 2.75) is 38.2 Å². The summed E-state index contributed by atoms with van der Waals surface area (Å²) >= 11 is 0. The Bertz CT molecular complexity index is 425. The molecule has 0 atom stereocenters. The SMILES string of the molecule is CC1(Oc2ccc3c(c2)CCCN3)CCOCC1. The van der Waals surface area contributed by atoms with Crippen LogP contribution in [0.15, 0.2) is 18.2 Å². The first-order chi connectivity index (χ1) is 8.75. The van der Waals surface area contributed by atoms with E-state index in [9.17, 15) is 0 Å². The van der Waals surface area contributed by atoms with Crippen LogP contribution in [0.5, 0.6) is 5.75 Å². The lowest BCUT2D eigenvalue weighted by Crippen LogP contribution is -2.38. The van der Waals surface area contributed by atoms with Gasteiger partial charge in [-0.25, -0.2) is 0 Å². The van der Waals surface area contributed by atoms with Gasteiger partial charge in [-0.2, -0.15) is 0 Å². The fourth-order valence-electron chi connectivity index (χ4n) is 2.70. The molecule has 0 unspecified atom stereocenters. The standard InChI is InChI=1S/C15H21NO2/c1-15(6-9-17-10-7-15)18-13-4-5-14-12(11-13)3-2-8-16-14/h4-5,11,16H,2-3,6-10H2,1H3. The highest BCUT2D eigenvalue weighted by molar-refractivity contribution is 5.55. The fourth-order valence-corrected chi connectivity index (χ4v) is 2.70. The molecule has 1 saturated heterocycles. The van der Waals surface area contributed by atoms with Gasteiger partial charge in [0.1, 0.15) is 11.4 Å². The Kier molecular flexibility index (Phi) is 3.16. The van der Waals surface area contributed by atoms with E-state index >= 15 is 0 Å². The molecule has 0 bridgehead atoms. The van der Waals surface area contributed by atoms with Crippen LogP contribution < -0.4 is 10.1 Å². The minimum atomic E-state index is -0.0609. The molecule has 2 heterocycles. The van der Waals surface area contributed by atoms with Crippen LogP contribution in [0.2, 0.25) is 0 Å². The number of nitrogens with one attached hydrogen (secondary N) is 1. The predicted molar refractivity (Wildman–Crippen MR) is 72.3 cm³/mol. The van der Waals surface area contributed by atoms with Crippen LogP contribution in [0.25, 0.3) is 0 Å². The minimum Gasteiger partial charge on any atom is -0.487 e. The molecule has 3 heteroatoms. The van der Waals surface area contributed by atoms with Gasteiger partial charge in [0.05, 0.1) is 13.2 Å². The molecule has 2 aliphatic rings. The van der Waals surface area contributed by atoms with E-state index in [0.29, 0.717) is 0 Å². The number of aryl methyl sites for hydroxylation is 1. The topological polar surface area (TPSA) is 30.5 Å². The van der Waals surface area contributed by atoms with E-state index in [0.717, 1.165) is 44.8 Å². The second-order valence-electron chi connectivity index (χ2n) is 5.51. The molecule has 1 aromatic carbocycles. The maximum absolute atomic E-state index is 6.20. The molecule has 3 rings (SSSR count). The van der Waals surface area contributed by atoms with Crippen LogP contribution in [0.4, 0.5) is 5.69 Å². The maximum Gasteiger partial charge on any atom is 0.120 e. The average Bonchev–Trinajstić information content (AvgIpc) is 2.39. The summed E-state index contributed by atoms with van der Waals surface area (Å²) in [5.74, 6) is 1.00. The van der Waals surface area contributed by atoms with Gasteiger partial charge in [-0.3, -0.25) is 0 Å². The van der Waals surface area contributed by atoms with E-state index in [1.54, 1.807) is 0 Å². The van der Waals surface area contributed by atoms with Crippen LogP contribution in [0, 0.1) is 0 Å². The molecule has 0 aromatic heterocycles. The van der Waals surface area contributed by atoms with Crippen molar-refractivity contribution in [3.63, 3.8) is 0 Å². The summed E-state index contributed by atoms with van der Waals surface area (Å²) < 4.78 is 11.6. The molecule has 18 heavy (non-hydrogen) atoms. The first kappa shape index (κ1) is 11.8. The van der Waals surface area contributed by atoms with E-state index in [-0.39, 0.29) is 5.60 Å². The second-order valence-corrected chi connectivity index (χ2v) is 5.51. The molecule has 0 aliphatic carbocycles. The highest BCUT2D eigenvalue weighted by atomic mass is 16.5. The molecule has 1 N–H and O–H groups in total. The number of anilines is 1. The van der Waals surface area contributed by atoms with Gasteiger partial charge in [0, 0.05) is 25.1 Å². The minimum absolute atomic E-state index is 0.0609. The summed E-state index contributed by atoms with van der Waals surface area (Å²) in [5, 5.41) is 3.43. The zero-order chi connectivity index (χ0) is 12.4. The van der Waals surface area contributed by atoms with Crippen molar-refractivity contribution < 1.29 is 9.47 Å². The third kappa shape index (κ3) is 2.46. The molecule has 2 aliphatic heterocycles. The van der Waals surface area contributed by atoms with Gasteiger partial charge < -0.3 is 14.8 Å². The van der Waals surface area contributed by atoms with Crippen LogP contribution in [0.1, 0.15) is 31.7 Å². The second kappa shape index (κ2) is 4.81. The Morgan fingerprint density at radius 3 is 2.94 bits per heavy atom. The Balaban J connectivity index is 1.76. The number of rotatable bonds is 2. The predicted octanol–water partition coefficient (Wildman–Crippen LogP) is 2.99. The molecule has 0 radical (unpaired) electrons. The van der Waals surface area contributed by atoms with Crippen molar-refractivity contribution in [3.05, 3.63) is 23.8 Å². The number of ether oxygens (including phenoxy) is 2. The fraction of sp³-hybridized carbons (Fsp3) is 0.600. The van der Waals surface area contributed by atoms with E-state index in [4.69, 9.17) is 9.47 Å². The lowest BCUT2D eigenvalue weighted by Gasteiger charge is -2.34. The monoisotopic (exact) mass is 247 g/mol. The van der Waals surface area contributed by atoms with Crippen LogP contribution >= 0.6 is 0 Å². The molecular weight excluding hydrogens is 226 g/mol. The van der Waals surface area contributed by atoms with Crippen molar-refractivity contribution in [3.8, 4) is 5.75 Å². The number of hydrogen-bond acceptors (Lipinski definition) is 3. The average molecular weight is 247 g/mol. The van der Waals surface area contributed by atoms with Gasteiger partial charge in [0.15, 0.2) is 0 Å². The molecule has 1 fully saturated rings. The van der Waals surface area contributed by atoms with E-state index < -0.39 is 0 Å². The van der Waals surface area contributed by atoms with Crippen molar-refractivity contribution >= 4 is 5.69 Å². The maximum atomic E-state index is 6.20. The van der Waals surface area contributed by atoms with E-state index in [1.807, 2.05) is 0 Å². The normalized spacial score (nSPS) is 21.8. The molecule has 1 aromatic rings. The highest BCUT2D eigenvalue weighted by Crippen LogP contribution is 2.31. The van der Waals surface area contributed by atoms with Crippen LogP contribution in [-0.2, 0) is 11.2 Å². The molecule has 0 saturated carbocycles. The quantitative estimate of drug-likeness (QED) is 0.871. The smallest absolute Gasteiger partial charge is 0.120 e. The van der Waals surface area contributed by atoms with E-state index in [1.165, 1.54) is 17.7 Å². The van der Waals surface area contributed by atoms with Crippen LogP contribution in [-0.4, -0.2) is 25.4 Å². The Morgan fingerprint density at radius 2 is 2.11 bits per heavy atom. The summed E-state index contributed by atoms with van der Waals surface area (Å²) in [6, 6.07) is 6.42. The third-order valence-corrected chi connectivity index (χ3v) is 3.93. The van der Waals surface area contributed by atoms with Crippen molar-refractivity contribution in [1.29, 1.82) is 0 Å². The highest BCUT2D eigenvalue weighted by Gasteiger charge is 2.29. The lowest BCUT2D eigenvalue weighted by atomic mass is 9.96. The molecule has 98 valence electrons. The van der Waals surface area contributed by atoms with Crippen molar-refractivity contribution in [2.75, 3.05) is 25.1 Å². The largest absolute Gasteiger partial charge is 0.487 e. The zero-order valence-corrected chi connectivity index (χ0v) is 11.0. The molecular formula is C15H21NO2. The van der Waals surface area contributed by atoms with Crippen molar-refractivity contribution in [1.82, 2.24) is 0 Å².